The molecule has 4 aliphatic heterocycles. The van der Waals surface area contributed by atoms with Gasteiger partial charge in [0.05, 0.1) is 30.8 Å². The summed E-state index contributed by atoms with van der Waals surface area (Å²) in [6, 6.07) is 6.42. The molecule has 5 atom stereocenters. The second-order valence-corrected chi connectivity index (χ2v) is 9.16. The lowest BCUT2D eigenvalue weighted by molar-refractivity contribution is -0.155. The monoisotopic (exact) mass is 479 g/mol. The number of carbonyl (C=O) groups is 3. The maximum atomic E-state index is 14.0. The summed E-state index contributed by atoms with van der Waals surface area (Å²) in [5.41, 5.74) is 0.144. The highest BCUT2D eigenvalue weighted by Crippen LogP contribution is 2.53. The summed E-state index contributed by atoms with van der Waals surface area (Å²) in [5, 5.41) is 18.1. The number of fused-ring (bicyclic) bond motifs is 3. The second kappa shape index (κ2) is 8.28. The number of β-amino-alcohol motifs (C(OH)–C–C–N with tert-alkyl or cyclic N) is 1. The minimum Gasteiger partial charge on any atom is -0.465 e. The lowest BCUT2D eigenvalue weighted by Crippen LogP contribution is -2.55. The van der Waals surface area contributed by atoms with E-state index in [0.29, 0.717) is 11.9 Å². The number of esters is 1. The Morgan fingerprint density at radius 3 is 2.86 bits per heavy atom. The smallest absolute Gasteiger partial charge is 0.312 e. The Kier molecular flexibility index (Phi) is 5.19. The summed E-state index contributed by atoms with van der Waals surface area (Å²) in [5.74, 6) is -3.03. The first kappa shape index (κ1) is 21.9. The molecule has 1 spiro atoms. The quantitative estimate of drug-likeness (QED) is 0.474. The molecule has 4 aliphatic rings. The summed E-state index contributed by atoms with van der Waals surface area (Å²) in [7, 11) is 0. The van der Waals surface area contributed by atoms with Crippen LogP contribution in [0.3, 0.4) is 0 Å². The molecule has 2 unspecified atom stereocenters. The Labute approximate surface area is 200 Å². The van der Waals surface area contributed by atoms with Gasteiger partial charge in [-0.15, -0.1) is 5.10 Å². The Hall–Kier alpha value is -3.57. The lowest BCUT2D eigenvalue weighted by Gasteiger charge is -2.35. The van der Waals surface area contributed by atoms with E-state index < -0.39 is 41.5 Å². The molecule has 11 heteroatoms. The number of hydrogen-bond donors (Lipinski definition) is 1. The van der Waals surface area contributed by atoms with Gasteiger partial charge in [0.1, 0.15) is 29.7 Å². The van der Waals surface area contributed by atoms with Crippen molar-refractivity contribution in [3.05, 3.63) is 48.6 Å². The zero-order chi connectivity index (χ0) is 24.2. The molecule has 0 bridgehead atoms. The van der Waals surface area contributed by atoms with Crippen LogP contribution in [0.15, 0.2) is 48.6 Å². The Bertz CT molecular complexity index is 1260. The molecule has 11 nitrogen and oxygen atoms in total. The van der Waals surface area contributed by atoms with E-state index in [2.05, 4.69) is 10.3 Å². The van der Waals surface area contributed by atoms with Gasteiger partial charge in [-0.1, -0.05) is 41.7 Å². The van der Waals surface area contributed by atoms with Crippen LogP contribution in [-0.2, 0) is 30.5 Å². The molecule has 0 aliphatic carbocycles. The first-order valence-corrected chi connectivity index (χ1v) is 11.7. The third kappa shape index (κ3) is 3.22. The fourth-order valence-corrected chi connectivity index (χ4v) is 5.81. The summed E-state index contributed by atoms with van der Waals surface area (Å²) in [4.78, 5) is 43.6. The number of hydrogen-bond acceptors (Lipinski definition) is 8. The largest absolute Gasteiger partial charge is 0.465 e. The number of aliphatic hydroxyl groups is 1. The average molecular weight is 479 g/mol. The van der Waals surface area contributed by atoms with Crippen molar-refractivity contribution < 1.29 is 29.0 Å². The number of likely N-dealkylation sites (tertiary alicyclic amines) is 1. The number of nitrogens with zero attached hydrogens (tertiary/aromatic N) is 5. The zero-order valence-corrected chi connectivity index (χ0v) is 18.9. The van der Waals surface area contributed by atoms with Gasteiger partial charge in [0.25, 0.3) is 5.91 Å². The van der Waals surface area contributed by atoms with Gasteiger partial charge in [-0.2, -0.15) is 0 Å². The predicted molar refractivity (Wildman–Crippen MR) is 120 cm³/mol. The van der Waals surface area contributed by atoms with Crippen LogP contribution in [0.1, 0.15) is 6.42 Å². The van der Waals surface area contributed by atoms with E-state index >= 15 is 0 Å². The van der Waals surface area contributed by atoms with E-state index in [1.165, 1.54) is 4.90 Å². The summed E-state index contributed by atoms with van der Waals surface area (Å²) in [6.45, 7) is 0.237. The molecule has 5 heterocycles. The van der Waals surface area contributed by atoms with Crippen molar-refractivity contribution in [1.82, 2.24) is 24.8 Å². The van der Waals surface area contributed by atoms with Crippen LogP contribution >= 0.6 is 0 Å². The van der Waals surface area contributed by atoms with Crippen LogP contribution in [-0.4, -0.2) is 91.7 Å². The molecular formula is C24H25N5O6. The fourth-order valence-electron chi connectivity index (χ4n) is 5.81. The Morgan fingerprint density at radius 1 is 1.14 bits per heavy atom. The van der Waals surface area contributed by atoms with Crippen molar-refractivity contribution in [3.8, 4) is 0 Å². The Balaban J connectivity index is 1.40. The highest BCUT2D eigenvalue weighted by molar-refractivity contribution is 5.99. The molecule has 1 N–H and O–H groups in total. The van der Waals surface area contributed by atoms with Crippen LogP contribution in [0.2, 0.25) is 0 Å². The van der Waals surface area contributed by atoms with Crippen molar-refractivity contribution in [2.45, 2.75) is 30.8 Å². The fraction of sp³-hybridized carbons (Fsp3) is 0.458. The van der Waals surface area contributed by atoms with E-state index in [-0.39, 0.29) is 38.9 Å². The van der Waals surface area contributed by atoms with Crippen LogP contribution in [0.5, 0.6) is 0 Å². The van der Waals surface area contributed by atoms with Crippen molar-refractivity contribution in [3.63, 3.8) is 0 Å². The van der Waals surface area contributed by atoms with Crippen molar-refractivity contribution in [2.75, 3.05) is 26.3 Å². The lowest BCUT2D eigenvalue weighted by atomic mass is 9.78. The molecule has 1 aromatic heterocycles. The number of ether oxygens (including phenoxy) is 2. The topological polar surface area (TPSA) is 127 Å². The van der Waals surface area contributed by atoms with Gasteiger partial charge < -0.3 is 24.4 Å². The zero-order valence-electron chi connectivity index (χ0n) is 18.9. The highest BCUT2D eigenvalue weighted by Gasteiger charge is 2.71. The first-order chi connectivity index (χ1) is 17.0. The van der Waals surface area contributed by atoms with Gasteiger partial charge in [0.2, 0.25) is 5.91 Å². The van der Waals surface area contributed by atoms with Crippen LogP contribution in [0, 0.1) is 11.8 Å². The first-order valence-electron chi connectivity index (χ1n) is 11.7. The third-order valence-corrected chi connectivity index (χ3v) is 7.27. The third-order valence-electron chi connectivity index (χ3n) is 7.27. The molecule has 2 amide bonds. The number of cyclic esters (lactones) is 1. The maximum absolute atomic E-state index is 14.0. The molecule has 35 heavy (non-hydrogen) atoms. The van der Waals surface area contributed by atoms with Crippen LogP contribution in [0.4, 0.5) is 0 Å². The summed E-state index contributed by atoms with van der Waals surface area (Å²) in [6.07, 6.45) is 7.09. The highest BCUT2D eigenvalue weighted by atomic mass is 16.6. The van der Waals surface area contributed by atoms with E-state index in [1.54, 1.807) is 27.8 Å². The number of aliphatic hydroxyl groups excluding tert-OH is 1. The number of rotatable bonds is 4. The molecule has 0 saturated carbocycles. The van der Waals surface area contributed by atoms with E-state index in [9.17, 15) is 19.5 Å². The number of para-hydroxylation sites is 1. The average Bonchev–Trinajstić information content (AvgIpc) is 3.43. The number of carbonyl (C=O) groups excluding carboxylic acids is 3. The van der Waals surface area contributed by atoms with Gasteiger partial charge in [0.15, 0.2) is 0 Å². The molecule has 1 aromatic carbocycles. The molecular weight excluding hydrogens is 454 g/mol. The second-order valence-electron chi connectivity index (χ2n) is 9.16. The minimum atomic E-state index is -1.34. The number of aromatic nitrogens is 3. The summed E-state index contributed by atoms with van der Waals surface area (Å²) >= 11 is 0. The SMILES string of the molecule is O=C1OCCC=C[C@H]2OC34C=CCN(Cn5nnc6ccccc65)C(=O)[C@H]3N(CCO)C(=O)[C@@H]4C12. The van der Waals surface area contributed by atoms with E-state index in [4.69, 9.17) is 9.47 Å². The predicted octanol–water partition coefficient (Wildman–Crippen LogP) is -0.137. The molecule has 2 aromatic rings. The van der Waals surface area contributed by atoms with Gasteiger partial charge in [-0.3, -0.25) is 14.4 Å². The van der Waals surface area contributed by atoms with Crippen molar-refractivity contribution in [2.24, 2.45) is 11.8 Å². The number of amides is 2. The van der Waals surface area contributed by atoms with E-state index in [0.717, 1.165) is 5.52 Å². The van der Waals surface area contributed by atoms with Gasteiger partial charge in [-0.05, 0) is 18.6 Å². The molecule has 6 rings (SSSR count). The summed E-state index contributed by atoms with van der Waals surface area (Å²) < 4.78 is 13.5. The Morgan fingerprint density at radius 2 is 2.00 bits per heavy atom. The number of benzene rings is 1. The minimum absolute atomic E-state index is 0.0486. The molecule has 0 radical (unpaired) electrons. The maximum Gasteiger partial charge on any atom is 0.312 e. The van der Waals surface area contributed by atoms with Gasteiger partial charge in [-0.25, -0.2) is 4.68 Å². The standard InChI is InChI=1S/C24H25N5O6/c30-12-11-28-20-22(32)27(14-29-16-7-2-1-6-15(16)25-26-29)10-5-9-24(20)19(21(28)31)18-17(35-24)8-3-4-13-34-23(18)33/h1-3,5-9,17-20,30H,4,10-14H2/t17-,18?,19+,20-,24?/m1/s1. The van der Waals surface area contributed by atoms with Crippen LogP contribution in [0.25, 0.3) is 11.0 Å². The van der Waals surface area contributed by atoms with Crippen molar-refractivity contribution >= 4 is 28.8 Å². The molecule has 2 fully saturated rings. The van der Waals surface area contributed by atoms with E-state index in [1.807, 2.05) is 30.3 Å². The van der Waals surface area contributed by atoms with Gasteiger partial charge in [0, 0.05) is 13.1 Å². The molecule has 182 valence electrons. The van der Waals surface area contributed by atoms with Crippen molar-refractivity contribution in [1.29, 1.82) is 0 Å². The van der Waals surface area contributed by atoms with Gasteiger partial charge >= 0.3 is 5.97 Å². The molecule has 2 saturated heterocycles. The normalized spacial score (nSPS) is 32.2. The van der Waals surface area contributed by atoms with Crippen LogP contribution < -0.4 is 0 Å².